The van der Waals surface area contributed by atoms with Crippen molar-refractivity contribution in [1.82, 2.24) is 0 Å². The topological polar surface area (TPSA) is 60.7 Å². The first kappa shape index (κ1) is 14.6. The molecule has 0 aliphatic carbocycles. The molecule has 5 nitrogen and oxygen atoms in total. The van der Waals surface area contributed by atoms with Crippen LogP contribution < -0.4 is 10.1 Å². The summed E-state index contributed by atoms with van der Waals surface area (Å²) in [4.78, 5) is 12.0. The number of anilines is 1. The van der Waals surface area contributed by atoms with Crippen molar-refractivity contribution in [2.75, 3.05) is 18.5 Å². The molecule has 1 aliphatic rings. The molecule has 0 spiro atoms. The second kappa shape index (κ2) is 6.62. The number of carbonyl (C=O) groups excluding carboxylic acids is 1. The van der Waals surface area contributed by atoms with E-state index in [9.17, 15) is 9.18 Å². The smallest absolute Gasteiger partial charge is 0.259 e. The van der Waals surface area contributed by atoms with Gasteiger partial charge >= 0.3 is 0 Å². The van der Waals surface area contributed by atoms with E-state index in [4.69, 9.17) is 13.9 Å². The summed E-state index contributed by atoms with van der Waals surface area (Å²) in [7, 11) is 0. The molecule has 0 bridgehead atoms. The number of ether oxygens (including phenoxy) is 2. The summed E-state index contributed by atoms with van der Waals surface area (Å²) in [6.45, 7) is 1.11. The maximum absolute atomic E-state index is 13.4. The molecule has 2 heterocycles. The first-order valence-electron chi connectivity index (χ1n) is 7.10. The molecule has 1 amide bonds. The molecule has 1 fully saturated rings. The molecule has 0 unspecified atom stereocenters. The van der Waals surface area contributed by atoms with Crippen molar-refractivity contribution in [2.24, 2.45) is 0 Å². The lowest BCUT2D eigenvalue weighted by molar-refractivity contribution is 0.0681. The minimum atomic E-state index is -0.452. The SMILES string of the molecule is O=C(Nc1cc(F)ccc1OC[C@H]1CCCO1)c1ccoc1. The molecule has 22 heavy (non-hydrogen) atoms. The molecule has 0 radical (unpaired) electrons. The Morgan fingerprint density at radius 2 is 2.32 bits per heavy atom. The molecule has 3 rings (SSSR count). The Kier molecular flexibility index (Phi) is 4.39. The van der Waals surface area contributed by atoms with Crippen molar-refractivity contribution in [3.63, 3.8) is 0 Å². The zero-order chi connectivity index (χ0) is 15.4. The highest BCUT2D eigenvalue weighted by Gasteiger charge is 2.18. The maximum Gasteiger partial charge on any atom is 0.259 e. The number of nitrogens with one attached hydrogen (secondary N) is 1. The largest absolute Gasteiger partial charge is 0.489 e. The molecular formula is C16H16FNO4. The van der Waals surface area contributed by atoms with E-state index in [0.29, 0.717) is 17.9 Å². The fourth-order valence-electron chi connectivity index (χ4n) is 2.27. The standard InChI is InChI=1S/C16H16FNO4/c17-12-3-4-15(22-10-13-2-1-6-21-13)14(8-12)18-16(19)11-5-7-20-9-11/h3-5,7-9,13H,1-2,6,10H2,(H,18,19)/t13-/m1/s1. The lowest BCUT2D eigenvalue weighted by Crippen LogP contribution is -2.18. The molecular weight excluding hydrogens is 289 g/mol. The Morgan fingerprint density at radius 3 is 3.05 bits per heavy atom. The van der Waals surface area contributed by atoms with E-state index in [0.717, 1.165) is 19.4 Å². The molecule has 1 aliphatic heterocycles. The lowest BCUT2D eigenvalue weighted by Gasteiger charge is -2.15. The highest BCUT2D eigenvalue weighted by atomic mass is 19.1. The van der Waals surface area contributed by atoms with Crippen LogP contribution in [-0.2, 0) is 4.74 Å². The Bertz CT molecular complexity index is 636. The Labute approximate surface area is 127 Å². The number of rotatable bonds is 5. The van der Waals surface area contributed by atoms with Crippen molar-refractivity contribution in [3.8, 4) is 5.75 Å². The Morgan fingerprint density at radius 1 is 1.41 bits per heavy atom. The van der Waals surface area contributed by atoms with Gasteiger partial charge in [0.1, 0.15) is 24.4 Å². The summed E-state index contributed by atoms with van der Waals surface area (Å²) in [6.07, 6.45) is 4.72. The number of halogens is 1. The summed E-state index contributed by atoms with van der Waals surface area (Å²) in [6, 6.07) is 5.54. The van der Waals surface area contributed by atoms with Gasteiger partial charge in [0.15, 0.2) is 0 Å². The Hall–Kier alpha value is -2.34. The van der Waals surface area contributed by atoms with Crippen molar-refractivity contribution in [3.05, 3.63) is 48.2 Å². The Balaban J connectivity index is 1.71. The predicted octanol–water partition coefficient (Wildman–Crippen LogP) is 3.23. The summed E-state index contributed by atoms with van der Waals surface area (Å²) in [5.74, 6) is -0.429. The van der Waals surface area contributed by atoms with Crippen LogP contribution >= 0.6 is 0 Å². The third-order valence-electron chi connectivity index (χ3n) is 3.42. The number of amides is 1. The monoisotopic (exact) mass is 305 g/mol. The molecule has 2 aromatic rings. The molecule has 1 aromatic carbocycles. The van der Waals surface area contributed by atoms with Gasteiger partial charge in [-0.05, 0) is 31.0 Å². The number of hydrogen-bond acceptors (Lipinski definition) is 4. The van der Waals surface area contributed by atoms with E-state index in [2.05, 4.69) is 5.32 Å². The quantitative estimate of drug-likeness (QED) is 0.921. The van der Waals surface area contributed by atoms with E-state index < -0.39 is 5.82 Å². The average molecular weight is 305 g/mol. The number of furan rings is 1. The summed E-state index contributed by atoms with van der Waals surface area (Å²) in [5, 5.41) is 2.62. The molecule has 1 aromatic heterocycles. The number of hydrogen-bond donors (Lipinski definition) is 1. The fraction of sp³-hybridized carbons (Fsp3) is 0.312. The van der Waals surface area contributed by atoms with Crippen molar-refractivity contribution >= 4 is 11.6 Å². The zero-order valence-corrected chi connectivity index (χ0v) is 11.9. The van der Waals surface area contributed by atoms with E-state index in [1.54, 1.807) is 0 Å². The van der Waals surface area contributed by atoms with Gasteiger partial charge in [0.2, 0.25) is 0 Å². The van der Waals surface area contributed by atoms with Gasteiger partial charge in [-0.25, -0.2) is 4.39 Å². The van der Waals surface area contributed by atoms with Crippen LogP contribution in [-0.4, -0.2) is 25.2 Å². The van der Waals surface area contributed by atoms with Crippen molar-refractivity contribution in [1.29, 1.82) is 0 Å². The van der Waals surface area contributed by atoms with Gasteiger partial charge in [0.25, 0.3) is 5.91 Å². The van der Waals surface area contributed by atoms with Crippen LogP contribution in [0.4, 0.5) is 10.1 Å². The molecule has 1 saturated heterocycles. The third-order valence-corrected chi connectivity index (χ3v) is 3.42. The van der Waals surface area contributed by atoms with Crippen molar-refractivity contribution in [2.45, 2.75) is 18.9 Å². The van der Waals surface area contributed by atoms with Crippen LogP contribution in [0.5, 0.6) is 5.75 Å². The normalized spacial score (nSPS) is 17.4. The van der Waals surface area contributed by atoms with Crippen LogP contribution in [0.3, 0.4) is 0 Å². The molecule has 6 heteroatoms. The van der Waals surface area contributed by atoms with Gasteiger partial charge in [-0.3, -0.25) is 4.79 Å². The summed E-state index contributed by atoms with van der Waals surface area (Å²) in [5.41, 5.74) is 0.638. The van der Waals surface area contributed by atoms with Gasteiger partial charge in [-0.15, -0.1) is 0 Å². The van der Waals surface area contributed by atoms with Gasteiger partial charge in [-0.1, -0.05) is 0 Å². The molecule has 116 valence electrons. The van der Waals surface area contributed by atoms with Gasteiger partial charge in [0.05, 0.1) is 23.6 Å². The first-order valence-corrected chi connectivity index (χ1v) is 7.10. The van der Waals surface area contributed by atoms with Gasteiger partial charge in [-0.2, -0.15) is 0 Å². The van der Waals surface area contributed by atoms with E-state index >= 15 is 0 Å². The highest BCUT2D eigenvalue weighted by Crippen LogP contribution is 2.27. The average Bonchev–Trinajstić information content (AvgIpc) is 3.20. The maximum atomic E-state index is 13.4. The fourth-order valence-corrected chi connectivity index (χ4v) is 2.27. The zero-order valence-electron chi connectivity index (χ0n) is 11.9. The highest BCUT2D eigenvalue weighted by molar-refractivity contribution is 6.04. The minimum absolute atomic E-state index is 0.0440. The van der Waals surface area contributed by atoms with Crippen LogP contribution in [0.15, 0.2) is 41.2 Å². The summed E-state index contributed by atoms with van der Waals surface area (Å²) >= 11 is 0. The van der Waals surface area contributed by atoms with Crippen LogP contribution in [0, 0.1) is 5.82 Å². The molecule has 0 saturated carbocycles. The number of benzene rings is 1. The molecule has 1 atom stereocenters. The van der Waals surface area contributed by atoms with E-state index in [1.807, 2.05) is 0 Å². The third kappa shape index (κ3) is 3.46. The summed E-state index contributed by atoms with van der Waals surface area (Å²) < 4.78 is 29.4. The van der Waals surface area contributed by atoms with E-state index in [1.165, 1.54) is 36.8 Å². The van der Waals surface area contributed by atoms with Crippen molar-refractivity contribution < 1.29 is 23.1 Å². The van der Waals surface area contributed by atoms with E-state index in [-0.39, 0.29) is 17.7 Å². The predicted molar refractivity (Wildman–Crippen MR) is 77.5 cm³/mol. The van der Waals surface area contributed by atoms with Crippen LogP contribution in [0.2, 0.25) is 0 Å². The minimum Gasteiger partial charge on any atom is -0.489 e. The number of carbonyl (C=O) groups is 1. The second-order valence-corrected chi connectivity index (χ2v) is 5.05. The second-order valence-electron chi connectivity index (χ2n) is 5.05. The van der Waals surface area contributed by atoms with Crippen LogP contribution in [0.25, 0.3) is 0 Å². The molecule has 1 N–H and O–H groups in total. The van der Waals surface area contributed by atoms with Crippen LogP contribution in [0.1, 0.15) is 23.2 Å². The van der Waals surface area contributed by atoms with Gasteiger partial charge < -0.3 is 19.2 Å². The lowest BCUT2D eigenvalue weighted by atomic mass is 10.2. The van der Waals surface area contributed by atoms with Gasteiger partial charge in [0, 0.05) is 12.7 Å². The first-order chi connectivity index (χ1) is 10.7.